The van der Waals surface area contributed by atoms with Crippen LogP contribution in [0.1, 0.15) is 5.56 Å². The number of fused-ring (bicyclic) bond motifs is 2. The third-order valence-electron chi connectivity index (χ3n) is 6.19. The zero-order valence-corrected chi connectivity index (χ0v) is 21.0. The second kappa shape index (κ2) is 9.41. The molecular weight excluding hydrogens is 504 g/mol. The van der Waals surface area contributed by atoms with Gasteiger partial charge in [0.1, 0.15) is 17.3 Å². The van der Waals surface area contributed by atoms with Crippen LogP contribution in [0.25, 0.3) is 33.4 Å². The Hall–Kier alpha value is -3.68. The summed E-state index contributed by atoms with van der Waals surface area (Å²) in [5.41, 5.74) is 3.49. The predicted octanol–water partition coefficient (Wildman–Crippen LogP) is 6.50. The van der Waals surface area contributed by atoms with Crippen molar-refractivity contribution < 1.29 is 18.7 Å². The van der Waals surface area contributed by atoms with Crippen LogP contribution in [0.2, 0.25) is 10.0 Å². The lowest BCUT2D eigenvalue weighted by Gasteiger charge is -2.16. The summed E-state index contributed by atoms with van der Waals surface area (Å²) >= 11 is 13.1. The molecule has 0 atom stereocenters. The van der Waals surface area contributed by atoms with E-state index in [4.69, 9.17) is 32.7 Å². The lowest BCUT2D eigenvalue weighted by Crippen LogP contribution is -2.26. The molecule has 1 aromatic heterocycles. The first-order valence-electron chi connectivity index (χ1n) is 11.0. The van der Waals surface area contributed by atoms with Gasteiger partial charge in [0.05, 0.1) is 35.3 Å². The van der Waals surface area contributed by atoms with E-state index in [0.29, 0.717) is 62.2 Å². The number of aromatic nitrogens is 2. The highest BCUT2D eigenvalue weighted by molar-refractivity contribution is 6.41. The second-order valence-electron chi connectivity index (χ2n) is 8.16. The summed E-state index contributed by atoms with van der Waals surface area (Å²) in [4.78, 5) is 22.8. The largest absolute Gasteiger partial charge is 0.495 e. The minimum absolute atomic E-state index is 0.215. The molecule has 0 spiro atoms. The van der Waals surface area contributed by atoms with Gasteiger partial charge in [0.25, 0.3) is 0 Å². The lowest BCUT2D eigenvalue weighted by atomic mass is 10.0. The first-order chi connectivity index (χ1) is 17.4. The average molecular weight is 524 g/mol. The molecule has 0 bridgehead atoms. The summed E-state index contributed by atoms with van der Waals surface area (Å²) in [5, 5.41) is 1.40. The quantitative estimate of drug-likeness (QED) is 0.279. The number of carbonyl (C=O) groups is 1. The number of nitrogens with zero attached hydrogens (tertiary/aromatic N) is 3. The predicted molar refractivity (Wildman–Crippen MR) is 140 cm³/mol. The molecule has 182 valence electrons. The van der Waals surface area contributed by atoms with Gasteiger partial charge < -0.3 is 14.4 Å². The highest BCUT2D eigenvalue weighted by atomic mass is 35.5. The maximum Gasteiger partial charge on any atom is 0.250 e. The van der Waals surface area contributed by atoms with Gasteiger partial charge in [0, 0.05) is 35.4 Å². The van der Waals surface area contributed by atoms with Crippen LogP contribution in [0.15, 0.2) is 55.3 Å². The van der Waals surface area contributed by atoms with Crippen molar-refractivity contribution in [2.75, 3.05) is 25.7 Å². The van der Waals surface area contributed by atoms with Gasteiger partial charge in [-0.3, -0.25) is 4.79 Å². The van der Waals surface area contributed by atoms with Crippen LogP contribution in [0.5, 0.6) is 11.5 Å². The van der Waals surface area contributed by atoms with E-state index in [1.807, 2.05) is 12.1 Å². The summed E-state index contributed by atoms with van der Waals surface area (Å²) in [6.45, 7) is 4.03. The highest BCUT2D eigenvalue weighted by Crippen LogP contribution is 2.46. The maximum absolute atomic E-state index is 15.0. The number of anilines is 1. The van der Waals surface area contributed by atoms with Gasteiger partial charge in [-0.25, -0.2) is 14.4 Å². The standard InChI is InChI=1S/C27H20Cl2FN3O3/c1-4-23(34)33-8-7-14-10-18(30)17(11-20(14)33)27-31-13-16-9-15(5-6-19(16)32-27)24-25(28)21(35-2)12-22(36-3)26(24)29/h4-6,9-13H,1,7-8H2,2-3H3. The Labute approximate surface area is 216 Å². The molecule has 2 heterocycles. The van der Waals surface area contributed by atoms with E-state index in [-0.39, 0.29) is 17.3 Å². The van der Waals surface area contributed by atoms with Gasteiger partial charge in [-0.15, -0.1) is 0 Å². The number of rotatable bonds is 5. The molecule has 1 aliphatic rings. The monoisotopic (exact) mass is 523 g/mol. The lowest BCUT2D eigenvalue weighted by molar-refractivity contribution is -0.114. The van der Waals surface area contributed by atoms with Crippen molar-refractivity contribution in [2.45, 2.75) is 6.42 Å². The van der Waals surface area contributed by atoms with Crippen LogP contribution in [-0.2, 0) is 11.2 Å². The van der Waals surface area contributed by atoms with Crippen LogP contribution in [0.3, 0.4) is 0 Å². The maximum atomic E-state index is 15.0. The third kappa shape index (κ3) is 3.94. The zero-order valence-electron chi connectivity index (χ0n) is 19.4. The van der Waals surface area contributed by atoms with E-state index < -0.39 is 5.82 Å². The van der Waals surface area contributed by atoms with Gasteiger partial charge >= 0.3 is 0 Å². The van der Waals surface area contributed by atoms with Crippen molar-refractivity contribution in [1.29, 1.82) is 0 Å². The summed E-state index contributed by atoms with van der Waals surface area (Å²) in [7, 11) is 3.03. The molecule has 0 aliphatic carbocycles. The molecule has 0 N–H and O–H groups in total. The Balaban J connectivity index is 1.59. The van der Waals surface area contributed by atoms with Crippen LogP contribution in [0, 0.1) is 5.82 Å². The molecule has 36 heavy (non-hydrogen) atoms. The van der Waals surface area contributed by atoms with Crippen LogP contribution in [-0.4, -0.2) is 36.6 Å². The van der Waals surface area contributed by atoms with E-state index >= 15 is 4.39 Å². The molecule has 0 saturated heterocycles. The van der Waals surface area contributed by atoms with Crippen LogP contribution in [0.4, 0.5) is 10.1 Å². The van der Waals surface area contributed by atoms with Crippen molar-refractivity contribution >= 4 is 45.7 Å². The summed E-state index contributed by atoms with van der Waals surface area (Å²) in [6.07, 6.45) is 3.44. The van der Waals surface area contributed by atoms with E-state index in [9.17, 15) is 4.79 Å². The summed E-state index contributed by atoms with van der Waals surface area (Å²) in [6, 6.07) is 10.1. The number of halogens is 3. The van der Waals surface area contributed by atoms with Crippen LogP contribution >= 0.6 is 23.2 Å². The molecule has 0 fully saturated rings. The SMILES string of the molecule is C=CC(=O)N1CCc2cc(F)c(-c3ncc4cc(-c5c(Cl)c(OC)cc(OC)c5Cl)ccc4n3)cc21. The van der Waals surface area contributed by atoms with Crippen molar-refractivity contribution in [3.63, 3.8) is 0 Å². The van der Waals surface area contributed by atoms with E-state index in [1.54, 1.807) is 29.3 Å². The molecular formula is C27H20Cl2FN3O3. The zero-order chi connectivity index (χ0) is 25.6. The first-order valence-corrected chi connectivity index (χ1v) is 11.8. The van der Waals surface area contributed by atoms with E-state index in [0.717, 1.165) is 5.56 Å². The topological polar surface area (TPSA) is 64.6 Å². The number of hydrogen-bond donors (Lipinski definition) is 0. The number of carbonyl (C=O) groups excluding carboxylic acids is 1. The van der Waals surface area contributed by atoms with Crippen molar-refractivity contribution in [2.24, 2.45) is 0 Å². The van der Waals surface area contributed by atoms with Crippen LogP contribution < -0.4 is 14.4 Å². The number of benzene rings is 3. The Kier molecular flexibility index (Phi) is 6.28. The van der Waals surface area contributed by atoms with Crippen molar-refractivity contribution in [3.05, 3.63) is 76.7 Å². The molecule has 0 radical (unpaired) electrons. The Morgan fingerprint density at radius 3 is 2.50 bits per heavy atom. The normalized spacial score (nSPS) is 12.5. The van der Waals surface area contributed by atoms with Gasteiger partial charge in [-0.1, -0.05) is 35.8 Å². The molecule has 5 rings (SSSR count). The van der Waals surface area contributed by atoms with Crippen molar-refractivity contribution in [1.82, 2.24) is 9.97 Å². The number of amides is 1. The van der Waals surface area contributed by atoms with Gasteiger partial charge in [0.2, 0.25) is 5.91 Å². The fourth-order valence-electron chi connectivity index (χ4n) is 4.38. The summed E-state index contributed by atoms with van der Waals surface area (Å²) < 4.78 is 25.7. The smallest absolute Gasteiger partial charge is 0.250 e. The molecule has 4 aromatic rings. The minimum Gasteiger partial charge on any atom is -0.495 e. The molecule has 1 aliphatic heterocycles. The Morgan fingerprint density at radius 1 is 1.11 bits per heavy atom. The van der Waals surface area contributed by atoms with E-state index in [1.165, 1.54) is 26.4 Å². The van der Waals surface area contributed by atoms with Gasteiger partial charge in [-0.2, -0.15) is 0 Å². The first kappa shape index (κ1) is 24.0. The number of ether oxygens (including phenoxy) is 2. The number of hydrogen-bond acceptors (Lipinski definition) is 5. The fourth-order valence-corrected chi connectivity index (χ4v) is 5.09. The van der Waals surface area contributed by atoms with Gasteiger partial charge in [-0.05, 0) is 47.9 Å². The third-order valence-corrected chi connectivity index (χ3v) is 6.94. The molecule has 0 unspecified atom stereocenters. The second-order valence-corrected chi connectivity index (χ2v) is 8.91. The van der Waals surface area contributed by atoms with Crippen molar-refractivity contribution in [3.8, 4) is 34.0 Å². The molecule has 6 nitrogen and oxygen atoms in total. The Morgan fingerprint density at radius 2 is 1.83 bits per heavy atom. The fraction of sp³-hybridized carbons (Fsp3) is 0.148. The summed E-state index contributed by atoms with van der Waals surface area (Å²) in [5.74, 6) is 0.392. The molecule has 1 amide bonds. The highest BCUT2D eigenvalue weighted by Gasteiger charge is 2.26. The molecule has 3 aromatic carbocycles. The van der Waals surface area contributed by atoms with E-state index in [2.05, 4.69) is 16.5 Å². The average Bonchev–Trinajstić information content (AvgIpc) is 3.30. The molecule has 0 saturated carbocycles. The minimum atomic E-state index is -0.445. The molecule has 9 heteroatoms. The van der Waals surface area contributed by atoms with Gasteiger partial charge in [0.15, 0.2) is 5.82 Å². The number of methoxy groups -OCH3 is 2. The Bertz CT molecular complexity index is 1530.